The Hall–Kier alpha value is -1.04. The fourth-order valence-corrected chi connectivity index (χ4v) is 1.81. The van der Waals surface area contributed by atoms with Crippen molar-refractivity contribution in [2.45, 2.75) is 31.8 Å². The molecule has 0 heterocycles. The highest BCUT2D eigenvalue weighted by Gasteiger charge is 2.21. The molecule has 80 valence electrons. The molecule has 1 aromatic carbocycles. The van der Waals surface area contributed by atoms with E-state index in [1.807, 2.05) is 19.1 Å². The zero-order valence-electron chi connectivity index (χ0n) is 8.65. The van der Waals surface area contributed by atoms with Crippen LogP contribution >= 0.6 is 11.6 Å². The molecule has 0 aliphatic carbocycles. The van der Waals surface area contributed by atoms with Crippen LogP contribution in [0.25, 0.3) is 0 Å². The molecule has 0 amide bonds. The highest BCUT2D eigenvalue weighted by atomic mass is 35.5. The van der Waals surface area contributed by atoms with Gasteiger partial charge in [-0.05, 0) is 18.1 Å². The topological polar surface area (TPSA) is 44.0 Å². The maximum Gasteiger partial charge on any atom is 0.0986 e. The molecule has 0 spiro atoms. The van der Waals surface area contributed by atoms with Gasteiger partial charge in [0.25, 0.3) is 0 Å². The van der Waals surface area contributed by atoms with E-state index in [-0.39, 0.29) is 0 Å². The Balaban J connectivity index is 2.94. The van der Waals surface area contributed by atoms with Crippen LogP contribution in [0.2, 0.25) is 5.02 Å². The molecular weight excluding hydrogens is 210 g/mol. The molecule has 2 nitrogen and oxygen atoms in total. The Morgan fingerprint density at radius 2 is 2.13 bits per heavy atom. The van der Waals surface area contributed by atoms with Crippen LogP contribution in [0.15, 0.2) is 24.3 Å². The van der Waals surface area contributed by atoms with Gasteiger partial charge in [-0.1, -0.05) is 43.1 Å². The molecule has 1 N–H and O–H groups in total. The average molecular weight is 224 g/mol. The molecule has 3 heteroatoms. The van der Waals surface area contributed by atoms with Gasteiger partial charge in [-0.25, -0.2) is 0 Å². The van der Waals surface area contributed by atoms with E-state index < -0.39 is 12.0 Å². The molecule has 0 bridgehead atoms. The number of aliphatic hydroxyl groups is 1. The first kappa shape index (κ1) is 12.0. The number of aliphatic hydroxyl groups excluding tert-OH is 1. The molecule has 2 unspecified atom stereocenters. The largest absolute Gasteiger partial charge is 0.391 e. The maximum atomic E-state index is 9.81. The summed E-state index contributed by atoms with van der Waals surface area (Å²) >= 11 is 5.98. The summed E-state index contributed by atoms with van der Waals surface area (Å²) < 4.78 is 0. The molecule has 0 saturated carbocycles. The van der Waals surface area contributed by atoms with Gasteiger partial charge in [-0.2, -0.15) is 5.26 Å². The van der Waals surface area contributed by atoms with Crippen LogP contribution in [0.1, 0.15) is 31.2 Å². The van der Waals surface area contributed by atoms with Gasteiger partial charge in [0.2, 0.25) is 0 Å². The summed E-state index contributed by atoms with van der Waals surface area (Å²) in [6.45, 7) is 1.98. The normalized spacial score (nSPS) is 14.3. The van der Waals surface area contributed by atoms with E-state index >= 15 is 0 Å². The Morgan fingerprint density at radius 1 is 1.47 bits per heavy atom. The molecule has 0 aromatic heterocycles. The van der Waals surface area contributed by atoms with Crippen LogP contribution in [0.5, 0.6) is 0 Å². The summed E-state index contributed by atoms with van der Waals surface area (Å²) in [6.07, 6.45) is 0.827. The Bertz CT molecular complexity index is 359. The monoisotopic (exact) mass is 223 g/mol. The highest BCUT2D eigenvalue weighted by Crippen LogP contribution is 2.28. The zero-order valence-corrected chi connectivity index (χ0v) is 9.41. The minimum atomic E-state index is -0.639. The van der Waals surface area contributed by atoms with Gasteiger partial charge in [-0.3, -0.25) is 0 Å². The number of rotatable bonds is 4. The second kappa shape index (κ2) is 5.75. The van der Waals surface area contributed by atoms with Crippen LogP contribution in [0.3, 0.4) is 0 Å². The smallest absolute Gasteiger partial charge is 0.0986 e. The van der Waals surface area contributed by atoms with Crippen molar-refractivity contribution in [3.05, 3.63) is 34.9 Å². The number of hydrogen-bond donors (Lipinski definition) is 1. The van der Waals surface area contributed by atoms with Gasteiger partial charge in [0.15, 0.2) is 0 Å². The van der Waals surface area contributed by atoms with Crippen LogP contribution in [-0.4, -0.2) is 11.2 Å². The van der Waals surface area contributed by atoms with Crippen molar-refractivity contribution in [3.63, 3.8) is 0 Å². The standard InChI is InChI=1S/C12H14ClNO/c1-2-5-12(15)10(8-14)9-6-3-4-7-11(9)13/h3-4,6-7,10,12,15H,2,5H2,1H3. The van der Waals surface area contributed by atoms with Gasteiger partial charge >= 0.3 is 0 Å². The number of hydrogen-bond acceptors (Lipinski definition) is 2. The average Bonchev–Trinajstić information content (AvgIpc) is 2.22. The van der Waals surface area contributed by atoms with E-state index in [9.17, 15) is 5.11 Å². The molecule has 0 radical (unpaired) electrons. The molecule has 0 aliphatic rings. The van der Waals surface area contributed by atoms with E-state index in [2.05, 4.69) is 6.07 Å². The van der Waals surface area contributed by atoms with Gasteiger partial charge in [0, 0.05) is 5.02 Å². The molecule has 15 heavy (non-hydrogen) atoms. The molecule has 0 saturated heterocycles. The third-order valence-corrected chi connectivity index (χ3v) is 2.69. The van der Waals surface area contributed by atoms with E-state index in [4.69, 9.17) is 16.9 Å². The Morgan fingerprint density at radius 3 is 2.67 bits per heavy atom. The van der Waals surface area contributed by atoms with E-state index in [1.54, 1.807) is 12.1 Å². The van der Waals surface area contributed by atoms with Gasteiger partial charge in [0.1, 0.15) is 0 Å². The predicted octanol–water partition coefficient (Wildman–Crippen LogP) is 3.11. The maximum absolute atomic E-state index is 9.81. The molecule has 2 atom stereocenters. The summed E-state index contributed by atoms with van der Waals surface area (Å²) in [4.78, 5) is 0. The molecule has 0 aliphatic heterocycles. The summed E-state index contributed by atoms with van der Waals surface area (Å²) in [6, 6.07) is 9.27. The van der Waals surface area contributed by atoms with Crippen molar-refractivity contribution in [2.75, 3.05) is 0 Å². The summed E-state index contributed by atoms with van der Waals surface area (Å²) in [7, 11) is 0. The molecular formula is C12H14ClNO. The lowest BCUT2D eigenvalue weighted by atomic mass is 9.92. The van der Waals surface area contributed by atoms with Gasteiger partial charge in [0.05, 0.1) is 18.1 Å². The Labute approximate surface area is 95.1 Å². The fraction of sp³-hybridized carbons (Fsp3) is 0.417. The highest BCUT2D eigenvalue weighted by molar-refractivity contribution is 6.31. The SMILES string of the molecule is CCCC(O)C(C#N)c1ccccc1Cl. The minimum Gasteiger partial charge on any atom is -0.391 e. The van der Waals surface area contributed by atoms with Crippen molar-refractivity contribution >= 4 is 11.6 Å². The second-order valence-electron chi connectivity index (χ2n) is 3.48. The van der Waals surface area contributed by atoms with Gasteiger partial charge < -0.3 is 5.11 Å². The second-order valence-corrected chi connectivity index (χ2v) is 3.89. The summed E-state index contributed by atoms with van der Waals surface area (Å²) in [5.41, 5.74) is 0.711. The summed E-state index contributed by atoms with van der Waals surface area (Å²) in [5, 5.41) is 19.4. The number of nitriles is 1. The first-order chi connectivity index (χ1) is 7.20. The quantitative estimate of drug-likeness (QED) is 0.853. The van der Waals surface area contributed by atoms with Crippen molar-refractivity contribution in [3.8, 4) is 6.07 Å². The lowest BCUT2D eigenvalue weighted by Gasteiger charge is -2.17. The van der Waals surface area contributed by atoms with Crippen LogP contribution < -0.4 is 0 Å². The van der Waals surface area contributed by atoms with E-state index in [0.717, 1.165) is 6.42 Å². The molecule has 0 fully saturated rings. The number of nitrogens with zero attached hydrogens (tertiary/aromatic N) is 1. The lowest BCUT2D eigenvalue weighted by Crippen LogP contribution is -2.17. The fourth-order valence-electron chi connectivity index (χ4n) is 1.55. The molecule has 1 aromatic rings. The third kappa shape index (κ3) is 2.95. The van der Waals surface area contributed by atoms with Crippen LogP contribution in [0, 0.1) is 11.3 Å². The van der Waals surface area contributed by atoms with Crippen molar-refractivity contribution in [2.24, 2.45) is 0 Å². The first-order valence-electron chi connectivity index (χ1n) is 5.02. The zero-order chi connectivity index (χ0) is 11.3. The van der Waals surface area contributed by atoms with Crippen LogP contribution in [-0.2, 0) is 0 Å². The van der Waals surface area contributed by atoms with Gasteiger partial charge in [-0.15, -0.1) is 0 Å². The first-order valence-corrected chi connectivity index (χ1v) is 5.40. The minimum absolute atomic E-state index is 0.529. The third-order valence-electron chi connectivity index (χ3n) is 2.35. The number of benzene rings is 1. The number of halogens is 1. The van der Waals surface area contributed by atoms with E-state index in [0.29, 0.717) is 17.0 Å². The predicted molar refractivity (Wildman–Crippen MR) is 60.7 cm³/mol. The summed E-state index contributed by atoms with van der Waals surface area (Å²) in [5.74, 6) is -0.529. The lowest BCUT2D eigenvalue weighted by molar-refractivity contribution is 0.150. The van der Waals surface area contributed by atoms with Crippen molar-refractivity contribution in [1.82, 2.24) is 0 Å². The van der Waals surface area contributed by atoms with Crippen LogP contribution in [0.4, 0.5) is 0 Å². The van der Waals surface area contributed by atoms with Crippen molar-refractivity contribution in [1.29, 1.82) is 5.26 Å². The Kier molecular flexibility index (Phi) is 4.61. The van der Waals surface area contributed by atoms with Crippen molar-refractivity contribution < 1.29 is 5.11 Å². The van der Waals surface area contributed by atoms with E-state index in [1.165, 1.54) is 0 Å². The molecule has 1 rings (SSSR count).